The van der Waals surface area contributed by atoms with Gasteiger partial charge in [-0.2, -0.15) is 16.8 Å². The van der Waals surface area contributed by atoms with Gasteiger partial charge < -0.3 is 14.5 Å². The van der Waals surface area contributed by atoms with Crippen LogP contribution in [0, 0.1) is 0 Å². The third-order valence-electron chi connectivity index (χ3n) is 3.95. The molecular formula is C18H13Li2O6PS2. The topological polar surface area (TPSA) is 109 Å². The van der Waals surface area contributed by atoms with Gasteiger partial charge in [-0.15, -0.1) is 6.07 Å². The van der Waals surface area contributed by atoms with Crippen molar-refractivity contribution in [2.75, 3.05) is 0 Å². The molecule has 11 heteroatoms. The number of rotatable bonds is 4. The Labute approximate surface area is 196 Å². The zero-order chi connectivity index (χ0) is 19.8. The van der Waals surface area contributed by atoms with E-state index in [0.29, 0.717) is 22.0 Å². The van der Waals surface area contributed by atoms with Gasteiger partial charge in [-0.3, -0.25) is 9.11 Å². The van der Waals surface area contributed by atoms with Gasteiger partial charge in [-0.05, 0) is 41.0 Å². The Morgan fingerprint density at radius 1 is 0.621 bits per heavy atom. The fraction of sp³-hybridized carbons (Fsp3) is 0. The van der Waals surface area contributed by atoms with Crippen molar-refractivity contribution in [2.45, 2.75) is 9.79 Å². The van der Waals surface area contributed by atoms with E-state index in [1.54, 1.807) is 36.4 Å². The van der Waals surface area contributed by atoms with Crippen molar-refractivity contribution in [2.24, 2.45) is 0 Å². The molecule has 0 aromatic heterocycles. The van der Waals surface area contributed by atoms with Crippen LogP contribution in [0.25, 0.3) is 22.3 Å². The first-order valence-corrected chi connectivity index (χ1v) is 10.9. The molecule has 0 atom stereocenters. The maximum Gasteiger partial charge on any atom is 1.00 e. The van der Waals surface area contributed by atoms with E-state index in [1.165, 1.54) is 24.3 Å². The van der Waals surface area contributed by atoms with Gasteiger partial charge in [0.15, 0.2) is 0 Å². The molecule has 0 radical (unpaired) electrons. The van der Waals surface area contributed by atoms with Crippen LogP contribution in [0.3, 0.4) is 0 Å². The monoisotopic (exact) mass is 434 g/mol. The van der Waals surface area contributed by atoms with Gasteiger partial charge in [0.25, 0.3) is 20.2 Å². The van der Waals surface area contributed by atoms with Crippen molar-refractivity contribution in [3.8, 4) is 22.3 Å². The van der Waals surface area contributed by atoms with Gasteiger partial charge in [0.05, 0.1) is 9.79 Å². The van der Waals surface area contributed by atoms with Crippen LogP contribution in [0.4, 0.5) is 0 Å². The predicted octanol–water partition coefficient (Wildman–Crippen LogP) is -2.44. The molecule has 6 nitrogen and oxygen atoms in total. The van der Waals surface area contributed by atoms with E-state index in [9.17, 15) is 16.8 Å². The molecule has 0 amide bonds. The van der Waals surface area contributed by atoms with Crippen LogP contribution in [0.5, 0.6) is 0 Å². The fourth-order valence-electron chi connectivity index (χ4n) is 2.68. The van der Waals surface area contributed by atoms with Crippen LogP contribution < -0.4 is 43.0 Å². The normalized spacial score (nSPS) is 11.3. The van der Waals surface area contributed by atoms with Crippen molar-refractivity contribution in [3.05, 3.63) is 66.7 Å². The van der Waals surface area contributed by atoms with E-state index < -0.39 is 20.2 Å². The molecule has 29 heavy (non-hydrogen) atoms. The van der Waals surface area contributed by atoms with Gasteiger partial charge in [-0.1, -0.05) is 42.0 Å². The van der Waals surface area contributed by atoms with Gasteiger partial charge >= 0.3 is 37.7 Å². The SMILES string of the molecule is O=S(=O)(O)c1ccc(-c2cccc([P-2])c2-c2ccc(S(=O)(=O)O)cc2)cc1.[Li+].[Li+]. The maximum atomic E-state index is 11.2. The van der Waals surface area contributed by atoms with Gasteiger partial charge in [0, 0.05) is 0 Å². The van der Waals surface area contributed by atoms with E-state index in [2.05, 4.69) is 9.24 Å². The van der Waals surface area contributed by atoms with E-state index in [1.807, 2.05) is 6.07 Å². The van der Waals surface area contributed by atoms with Gasteiger partial charge in [0.1, 0.15) is 0 Å². The van der Waals surface area contributed by atoms with Crippen LogP contribution in [0.15, 0.2) is 76.5 Å². The summed E-state index contributed by atoms with van der Waals surface area (Å²) in [5, 5.41) is 0.631. The molecule has 140 valence electrons. The number of hydrogen-bond acceptors (Lipinski definition) is 4. The molecule has 0 aliphatic carbocycles. The summed E-state index contributed by atoms with van der Waals surface area (Å²) in [6.45, 7) is 0. The summed E-state index contributed by atoms with van der Waals surface area (Å²) in [5.74, 6) is 0. The smallest absolute Gasteiger partial charge is 1.00 e. The van der Waals surface area contributed by atoms with Crippen molar-refractivity contribution in [1.29, 1.82) is 0 Å². The molecule has 0 saturated heterocycles. The zero-order valence-corrected chi connectivity index (χ0v) is 18.2. The largest absolute Gasteiger partial charge is 1.45 e. The Morgan fingerprint density at radius 3 is 1.45 bits per heavy atom. The molecule has 0 bridgehead atoms. The molecular weight excluding hydrogens is 421 g/mol. The first-order valence-electron chi connectivity index (χ1n) is 7.55. The molecule has 2 N–H and O–H groups in total. The van der Waals surface area contributed by atoms with E-state index in [-0.39, 0.29) is 47.5 Å². The quantitative estimate of drug-likeness (QED) is 0.268. The first-order chi connectivity index (χ1) is 12.6. The molecule has 3 rings (SSSR count). The van der Waals surface area contributed by atoms with Gasteiger partial charge in [-0.25, -0.2) is 0 Å². The third-order valence-corrected chi connectivity index (χ3v) is 6.05. The Bertz CT molecular complexity index is 1210. The summed E-state index contributed by atoms with van der Waals surface area (Å²) in [7, 11) is -4.10. The Kier molecular flexibility index (Phi) is 8.96. The second-order valence-corrected chi connectivity index (χ2v) is 9.02. The van der Waals surface area contributed by atoms with Crippen molar-refractivity contribution >= 4 is 34.8 Å². The number of benzene rings is 3. The minimum atomic E-state index is -4.29. The van der Waals surface area contributed by atoms with Crippen molar-refractivity contribution in [3.63, 3.8) is 0 Å². The second-order valence-electron chi connectivity index (χ2n) is 5.70. The second kappa shape index (κ2) is 9.94. The van der Waals surface area contributed by atoms with Crippen molar-refractivity contribution < 1.29 is 63.7 Å². The van der Waals surface area contributed by atoms with Crippen LogP contribution in [-0.4, -0.2) is 25.9 Å². The average Bonchev–Trinajstić information content (AvgIpc) is 2.60. The minimum absolute atomic E-state index is 0. The standard InChI is InChI=1S/C18H13O6PS2.2Li/c19-26(20,21)14-8-4-12(5-9-14)16-2-1-3-17(25)18(16)13-6-10-15(11-7-13)27(22,23)24;;/h1-11H,(H,19,20,21)(H,22,23,24);;/q-2;2*+1. The predicted molar refractivity (Wildman–Crippen MR) is 103 cm³/mol. The van der Waals surface area contributed by atoms with Crippen molar-refractivity contribution in [1.82, 2.24) is 0 Å². The summed E-state index contributed by atoms with van der Waals surface area (Å²) >= 11 is 0. The molecule has 0 fully saturated rings. The summed E-state index contributed by atoms with van der Waals surface area (Å²) in [6, 6.07) is 16.7. The Balaban J connectivity index is 0.00000210. The summed E-state index contributed by atoms with van der Waals surface area (Å²) in [5.41, 5.74) is 2.81. The molecule has 3 aromatic rings. The molecule has 0 aliphatic rings. The third kappa shape index (κ3) is 6.06. The molecule has 0 unspecified atom stereocenters. The first kappa shape index (κ1) is 26.1. The van der Waals surface area contributed by atoms with Crippen LogP contribution in [0.2, 0.25) is 0 Å². The summed E-state index contributed by atoms with van der Waals surface area (Å²) in [4.78, 5) is -0.436. The van der Waals surface area contributed by atoms with E-state index >= 15 is 0 Å². The summed E-state index contributed by atoms with van der Waals surface area (Å²) in [6.07, 6.45) is 0. The molecule has 0 spiro atoms. The van der Waals surface area contributed by atoms with E-state index in [4.69, 9.17) is 9.11 Å². The van der Waals surface area contributed by atoms with Crippen LogP contribution in [0.1, 0.15) is 0 Å². The zero-order valence-electron chi connectivity index (χ0n) is 15.6. The van der Waals surface area contributed by atoms with E-state index in [0.717, 1.165) is 5.56 Å². The van der Waals surface area contributed by atoms with Crippen LogP contribution in [-0.2, 0) is 20.2 Å². The molecule has 3 aromatic carbocycles. The maximum absolute atomic E-state index is 11.2. The number of hydrogen-bond donors (Lipinski definition) is 2. The van der Waals surface area contributed by atoms with Crippen LogP contribution >= 0.6 is 9.24 Å². The Morgan fingerprint density at radius 2 is 1.03 bits per heavy atom. The minimum Gasteiger partial charge on any atom is -1.45 e. The fourth-order valence-corrected chi connectivity index (χ4v) is 3.98. The molecule has 0 heterocycles. The summed E-state index contributed by atoms with van der Waals surface area (Å²) < 4.78 is 63.1. The van der Waals surface area contributed by atoms with Gasteiger partial charge in [0.2, 0.25) is 0 Å². The Hall–Kier alpha value is -0.895. The molecule has 0 aliphatic heterocycles. The molecule has 0 saturated carbocycles. The average molecular weight is 434 g/mol.